The Hall–Kier alpha value is -1.92. The number of benzene rings is 2. The van der Waals surface area contributed by atoms with E-state index in [2.05, 4.69) is 21.2 Å². The van der Waals surface area contributed by atoms with Crippen LogP contribution in [0.4, 0.5) is 5.69 Å². The van der Waals surface area contributed by atoms with Gasteiger partial charge in [0.15, 0.2) is 0 Å². The molecule has 0 unspecified atom stereocenters. The second-order valence-electron chi connectivity index (χ2n) is 4.47. The van der Waals surface area contributed by atoms with E-state index in [1.807, 2.05) is 31.3 Å². The van der Waals surface area contributed by atoms with Crippen molar-refractivity contribution in [2.75, 3.05) is 7.05 Å². The van der Waals surface area contributed by atoms with Crippen molar-refractivity contribution in [3.05, 3.63) is 68.2 Å². The van der Waals surface area contributed by atoms with Gasteiger partial charge in [-0.1, -0.05) is 24.3 Å². The van der Waals surface area contributed by atoms with E-state index >= 15 is 0 Å². The summed E-state index contributed by atoms with van der Waals surface area (Å²) in [6.45, 7) is 1.03. The van der Waals surface area contributed by atoms with E-state index in [0.29, 0.717) is 4.47 Å². The standard InChI is InChI=1S/C15H15BrN2O3/c1-17-9-11-4-2-6-13(8-11)21-10-12-5-3-7-14(15(12)16)18(19)20/h2-8,17H,9-10H2,1H3. The van der Waals surface area contributed by atoms with Gasteiger partial charge >= 0.3 is 0 Å². The van der Waals surface area contributed by atoms with Crippen molar-refractivity contribution < 1.29 is 9.66 Å². The number of hydrogen-bond donors (Lipinski definition) is 1. The van der Waals surface area contributed by atoms with E-state index in [1.54, 1.807) is 12.1 Å². The predicted octanol–water partition coefficient (Wildman–Crippen LogP) is 3.66. The van der Waals surface area contributed by atoms with Crippen LogP contribution < -0.4 is 10.1 Å². The van der Waals surface area contributed by atoms with E-state index in [0.717, 1.165) is 23.4 Å². The second kappa shape index (κ2) is 7.19. The lowest BCUT2D eigenvalue weighted by Crippen LogP contribution is -2.05. The molecule has 0 amide bonds. The largest absolute Gasteiger partial charge is 0.489 e. The summed E-state index contributed by atoms with van der Waals surface area (Å²) < 4.78 is 6.17. The zero-order valence-electron chi connectivity index (χ0n) is 11.5. The molecule has 21 heavy (non-hydrogen) atoms. The lowest BCUT2D eigenvalue weighted by atomic mass is 10.2. The van der Waals surface area contributed by atoms with Gasteiger partial charge in [0.2, 0.25) is 0 Å². The summed E-state index contributed by atoms with van der Waals surface area (Å²) in [6, 6.07) is 12.7. The van der Waals surface area contributed by atoms with Crippen LogP contribution in [-0.2, 0) is 13.2 Å². The van der Waals surface area contributed by atoms with E-state index in [4.69, 9.17) is 4.74 Å². The van der Waals surface area contributed by atoms with Gasteiger partial charge in [0, 0.05) is 18.2 Å². The van der Waals surface area contributed by atoms with Crippen molar-refractivity contribution in [2.45, 2.75) is 13.2 Å². The fourth-order valence-electron chi connectivity index (χ4n) is 1.93. The molecule has 0 fully saturated rings. The smallest absolute Gasteiger partial charge is 0.283 e. The lowest BCUT2D eigenvalue weighted by molar-refractivity contribution is -0.385. The number of halogens is 1. The molecule has 110 valence electrons. The van der Waals surface area contributed by atoms with Crippen molar-refractivity contribution in [3.63, 3.8) is 0 Å². The number of ether oxygens (including phenoxy) is 1. The van der Waals surface area contributed by atoms with Crippen molar-refractivity contribution in [1.29, 1.82) is 0 Å². The first kappa shape index (κ1) is 15.5. The summed E-state index contributed by atoms with van der Waals surface area (Å²) in [7, 11) is 1.88. The lowest BCUT2D eigenvalue weighted by Gasteiger charge is -2.09. The van der Waals surface area contributed by atoms with Crippen LogP contribution in [0, 0.1) is 10.1 Å². The number of nitro benzene ring substituents is 1. The Morgan fingerprint density at radius 3 is 2.76 bits per heavy atom. The first-order valence-electron chi connectivity index (χ1n) is 6.40. The molecule has 5 nitrogen and oxygen atoms in total. The van der Waals surface area contributed by atoms with Gasteiger partial charge in [-0.05, 0) is 40.7 Å². The Labute approximate surface area is 131 Å². The average molecular weight is 351 g/mol. The van der Waals surface area contributed by atoms with E-state index in [9.17, 15) is 10.1 Å². The van der Waals surface area contributed by atoms with Crippen LogP contribution in [0.15, 0.2) is 46.9 Å². The Bertz CT molecular complexity index is 647. The summed E-state index contributed by atoms with van der Waals surface area (Å²) in [5.41, 5.74) is 1.90. The molecule has 0 atom stereocenters. The molecule has 0 aliphatic carbocycles. The highest BCUT2D eigenvalue weighted by Crippen LogP contribution is 2.29. The van der Waals surface area contributed by atoms with E-state index < -0.39 is 4.92 Å². The highest BCUT2D eigenvalue weighted by molar-refractivity contribution is 9.10. The second-order valence-corrected chi connectivity index (χ2v) is 5.27. The van der Waals surface area contributed by atoms with Crippen LogP contribution in [0.2, 0.25) is 0 Å². The molecule has 6 heteroatoms. The molecule has 0 spiro atoms. The van der Waals surface area contributed by atoms with Crippen molar-refractivity contribution >= 4 is 21.6 Å². The van der Waals surface area contributed by atoms with Crippen molar-refractivity contribution in [2.24, 2.45) is 0 Å². The molecular formula is C15H15BrN2O3. The van der Waals surface area contributed by atoms with Crippen LogP contribution in [0.5, 0.6) is 5.75 Å². The molecule has 0 saturated heterocycles. The SMILES string of the molecule is CNCc1cccc(OCc2cccc([N+](=O)[O-])c2Br)c1. The first-order chi connectivity index (χ1) is 10.1. The van der Waals surface area contributed by atoms with Crippen molar-refractivity contribution in [1.82, 2.24) is 5.32 Å². The monoisotopic (exact) mass is 350 g/mol. The molecule has 1 N–H and O–H groups in total. The third-order valence-corrected chi connectivity index (χ3v) is 3.84. The molecule has 0 aliphatic heterocycles. The molecule has 0 heterocycles. The summed E-state index contributed by atoms with van der Waals surface area (Å²) >= 11 is 3.26. The molecule has 0 saturated carbocycles. The minimum atomic E-state index is -0.416. The van der Waals surface area contributed by atoms with Crippen LogP contribution in [-0.4, -0.2) is 12.0 Å². The third kappa shape index (κ3) is 4.03. The van der Waals surface area contributed by atoms with Gasteiger partial charge in [-0.2, -0.15) is 0 Å². The van der Waals surface area contributed by atoms with Crippen LogP contribution in [0.3, 0.4) is 0 Å². The Kier molecular flexibility index (Phi) is 5.30. The Morgan fingerprint density at radius 2 is 2.05 bits per heavy atom. The minimum absolute atomic E-state index is 0.0417. The maximum Gasteiger partial charge on any atom is 0.283 e. The van der Waals surface area contributed by atoms with Gasteiger partial charge in [-0.25, -0.2) is 0 Å². The summed E-state index contributed by atoms with van der Waals surface area (Å²) in [4.78, 5) is 10.5. The first-order valence-corrected chi connectivity index (χ1v) is 7.19. The van der Waals surface area contributed by atoms with Crippen LogP contribution >= 0.6 is 15.9 Å². The maximum atomic E-state index is 10.9. The summed E-state index contributed by atoms with van der Waals surface area (Å²) in [5.74, 6) is 0.737. The average Bonchev–Trinajstić information content (AvgIpc) is 2.46. The molecule has 2 aromatic rings. The molecule has 0 aliphatic rings. The van der Waals surface area contributed by atoms with Gasteiger partial charge in [0.25, 0.3) is 5.69 Å². The van der Waals surface area contributed by atoms with E-state index in [-0.39, 0.29) is 12.3 Å². The van der Waals surface area contributed by atoms with Gasteiger partial charge < -0.3 is 10.1 Å². The number of rotatable bonds is 6. The normalized spacial score (nSPS) is 10.4. The third-order valence-electron chi connectivity index (χ3n) is 2.93. The number of nitrogens with zero attached hydrogens (tertiary/aromatic N) is 1. The van der Waals surface area contributed by atoms with Gasteiger partial charge in [-0.15, -0.1) is 0 Å². The molecule has 2 rings (SSSR count). The fourth-order valence-corrected chi connectivity index (χ4v) is 2.45. The topological polar surface area (TPSA) is 64.4 Å². The molecule has 0 aromatic heterocycles. The minimum Gasteiger partial charge on any atom is -0.489 e. The number of nitrogens with one attached hydrogen (secondary N) is 1. The molecule has 0 radical (unpaired) electrons. The summed E-state index contributed by atoms with van der Waals surface area (Å²) in [5, 5.41) is 14.0. The molecular weight excluding hydrogens is 336 g/mol. The Morgan fingerprint density at radius 1 is 1.29 bits per heavy atom. The Balaban J connectivity index is 2.11. The fraction of sp³-hybridized carbons (Fsp3) is 0.200. The zero-order valence-corrected chi connectivity index (χ0v) is 13.1. The van der Waals surface area contributed by atoms with Gasteiger partial charge in [-0.3, -0.25) is 10.1 Å². The summed E-state index contributed by atoms with van der Waals surface area (Å²) in [6.07, 6.45) is 0. The predicted molar refractivity (Wildman–Crippen MR) is 84.3 cm³/mol. The number of hydrogen-bond acceptors (Lipinski definition) is 4. The number of nitro groups is 1. The highest BCUT2D eigenvalue weighted by Gasteiger charge is 2.14. The van der Waals surface area contributed by atoms with Crippen LogP contribution in [0.1, 0.15) is 11.1 Å². The van der Waals surface area contributed by atoms with Crippen LogP contribution in [0.25, 0.3) is 0 Å². The molecule has 2 aromatic carbocycles. The zero-order chi connectivity index (χ0) is 15.2. The van der Waals surface area contributed by atoms with E-state index in [1.165, 1.54) is 6.07 Å². The van der Waals surface area contributed by atoms with Gasteiger partial charge in [0.1, 0.15) is 16.8 Å². The molecule has 0 bridgehead atoms. The quantitative estimate of drug-likeness (QED) is 0.637. The highest BCUT2D eigenvalue weighted by atomic mass is 79.9. The van der Waals surface area contributed by atoms with Crippen molar-refractivity contribution in [3.8, 4) is 5.75 Å². The maximum absolute atomic E-state index is 10.9. The van der Waals surface area contributed by atoms with Gasteiger partial charge in [0.05, 0.1) is 4.92 Å².